The van der Waals surface area contributed by atoms with Gasteiger partial charge in [-0.15, -0.1) is 0 Å². The van der Waals surface area contributed by atoms with Gasteiger partial charge in [-0.3, -0.25) is 9.59 Å². The molecule has 0 aliphatic heterocycles. The van der Waals surface area contributed by atoms with Crippen molar-refractivity contribution in [1.82, 2.24) is 0 Å². The van der Waals surface area contributed by atoms with Crippen LogP contribution >= 0.6 is 11.6 Å². The van der Waals surface area contributed by atoms with Gasteiger partial charge < -0.3 is 0 Å². The Morgan fingerprint density at radius 1 is 1.38 bits per heavy atom. The Balaban J connectivity index is 2.89. The van der Waals surface area contributed by atoms with E-state index in [1.165, 1.54) is 0 Å². The van der Waals surface area contributed by atoms with E-state index in [0.717, 1.165) is 25.7 Å². The molecule has 1 aliphatic carbocycles. The molecule has 0 spiro atoms. The van der Waals surface area contributed by atoms with Gasteiger partial charge in [-0.25, -0.2) is 0 Å². The van der Waals surface area contributed by atoms with Crippen molar-refractivity contribution < 1.29 is 9.59 Å². The maximum Gasteiger partial charge on any atom is 0.170 e. The minimum atomic E-state index is -0.0594. The Morgan fingerprint density at radius 3 is 2.56 bits per heavy atom. The van der Waals surface area contributed by atoms with E-state index in [1.54, 1.807) is 0 Å². The highest BCUT2D eigenvalue weighted by Gasteiger charge is 2.29. The summed E-state index contributed by atoms with van der Waals surface area (Å²) < 4.78 is 0. The molecule has 0 radical (unpaired) electrons. The summed E-state index contributed by atoms with van der Waals surface area (Å²) in [6.45, 7) is 4.04. The van der Waals surface area contributed by atoms with Gasteiger partial charge in [0.2, 0.25) is 0 Å². The fourth-order valence-corrected chi connectivity index (χ4v) is 2.48. The number of rotatable bonds is 5. The summed E-state index contributed by atoms with van der Waals surface area (Å²) in [7, 11) is 0. The van der Waals surface area contributed by atoms with Crippen molar-refractivity contribution >= 4 is 23.2 Å². The number of halogens is 1. The van der Waals surface area contributed by atoms with Gasteiger partial charge in [0.25, 0.3) is 0 Å². The summed E-state index contributed by atoms with van der Waals surface area (Å²) >= 11 is 6.01. The minimum Gasteiger partial charge on any atom is -0.294 e. The molecule has 2 nitrogen and oxygen atoms in total. The normalized spacial score (nSPS) is 18.8. The van der Waals surface area contributed by atoms with Crippen molar-refractivity contribution in [3.63, 3.8) is 0 Å². The predicted molar refractivity (Wildman–Crippen MR) is 65.4 cm³/mol. The maximum absolute atomic E-state index is 12.2. The quantitative estimate of drug-likeness (QED) is 0.690. The van der Waals surface area contributed by atoms with Crippen LogP contribution in [0.4, 0.5) is 0 Å². The van der Waals surface area contributed by atoms with E-state index in [1.807, 2.05) is 6.92 Å². The fraction of sp³-hybridized carbons (Fsp3) is 0.692. The van der Waals surface area contributed by atoms with Gasteiger partial charge in [-0.05, 0) is 25.7 Å². The average molecular weight is 243 g/mol. The van der Waals surface area contributed by atoms with Crippen molar-refractivity contribution in [2.45, 2.75) is 52.4 Å². The predicted octanol–water partition coefficient (Wildman–Crippen LogP) is 3.63. The molecule has 1 rings (SSSR count). The molecule has 0 heterocycles. The van der Waals surface area contributed by atoms with Crippen molar-refractivity contribution in [2.24, 2.45) is 5.92 Å². The number of ketones is 2. The zero-order chi connectivity index (χ0) is 12.1. The highest BCUT2D eigenvalue weighted by molar-refractivity contribution is 6.37. The minimum absolute atomic E-state index is 0.0287. The van der Waals surface area contributed by atoms with E-state index in [4.69, 9.17) is 11.6 Å². The second-order valence-electron chi connectivity index (χ2n) is 4.31. The molecule has 0 N–H and O–H groups in total. The highest BCUT2D eigenvalue weighted by atomic mass is 35.5. The third-order valence-corrected chi connectivity index (χ3v) is 3.48. The summed E-state index contributed by atoms with van der Waals surface area (Å²) in [6, 6.07) is 0. The molecule has 0 bridgehead atoms. The van der Waals surface area contributed by atoms with Crippen LogP contribution in [0.3, 0.4) is 0 Å². The molecule has 0 saturated heterocycles. The number of Topliss-reactive ketones (excluding diaryl/α,β-unsaturated/α-hetero) is 2. The monoisotopic (exact) mass is 242 g/mol. The van der Waals surface area contributed by atoms with Gasteiger partial charge in [-0.2, -0.15) is 0 Å². The van der Waals surface area contributed by atoms with E-state index in [9.17, 15) is 9.59 Å². The van der Waals surface area contributed by atoms with Crippen molar-refractivity contribution in [1.29, 1.82) is 0 Å². The average Bonchev–Trinajstić information content (AvgIpc) is 2.25. The van der Waals surface area contributed by atoms with Crippen LogP contribution in [0.25, 0.3) is 0 Å². The van der Waals surface area contributed by atoms with Crippen LogP contribution in [0, 0.1) is 5.92 Å². The summed E-state index contributed by atoms with van der Waals surface area (Å²) in [5.74, 6) is -0.120. The second kappa shape index (κ2) is 6.19. The molecule has 0 aromatic carbocycles. The Bertz CT molecular complexity index is 318. The van der Waals surface area contributed by atoms with Gasteiger partial charge in [-0.1, -0.05) is 31.9 Å². The van der Waals surface area contributed by atoms with Crippen molar-refractivity contribution in [3.05, 3.63) is 10.6 Å². The lowest BCUT2D eigenvalue weighted by atomic mass is 9.85. The van der Waals surface area contributed by atoms with Crippen LogP contribution in [0.2, 0.25) is 0 Å². The Hall–Kier alpha value is -0.630. The van der Waals surface area contributed by atoms with E-state index < -0.39 is 0 Å². The summed E-state index contributed by atoms with van der Waals surface area (Å²) in [6.07, 6.45) is 4.52. The van der Waals surface area contributed by atoms with Crippen molar-refractivity contribution in [2.75, 3.05) is 0 Å². The summed E-state index contributed by atoms with van der Waals surface area (Å²) in [5.41, 5.74) is 0.299. The topological polar surface area (TPSA) is 34.1 Å². The largest absolute Gasteiger partial charge is 0.294 e. The molecular formula is C13H19ClO2. The van der Waals surface area contributed by atoms with Gasteiger partial charge >= 0.3 is 0 Å². The first-order valence-corrected chi connectivity index (χ1v) is 6.45. The van der Waals surface area contributed by atoms with Crippen LogP contribution < -0.4 is 0 Å². The highest BCUT2D eigenvalue weighted by Crippen LogP contribution is 2.29. The molecule has 16 heavy (non-hydrogen) atoms. The van der Waals surface area contributed by atoms with Gasteiger partial charge in [0.1, 0.15) is 0 Å². The summed E-state index contributed by atoms with van der Waals surface area (Å²) in [5, 5.41) is 0.482. The van der Waals surface area contributed by atoms with E-state index in [-0.39, 0.29) is 17.5 Å². The lowest BCUT2D eigenvalue weighted by Crippen LogP contribution is -2.24. The number of hydrogen-bond acceptors (Lipinski definition) is 2. The van der Waals surface area contributed by atoms with Crippen LogP contribution in [-0.4, -0.2) is 11.6 Å². The maximum atomic E-state index is 12.2. The Labute approximate surface area is 102 Å². The van der Waals surface area contributed by atoms with Crippen LogP contribution in [0.15, 0.2) is 10.6 Å². The molecule has 0 aromatic heterocycles. The van der Waals surface area contributed by atoms with Crippen molar-refractivity contribution in [3.8, 4) is 0 Å². The third-order valence-electron chi connectivity index (χ3n) is 3.10. The van der Waals surface area contributed by atoms with Crippen LogP contribution in [0.1, 0.15) is 52.4 Å². The Morgan fingerprint density at radius 2 is 2.06 bits per heavy atom. The standard InChI is InChI=1S/C13H19ClO2/c1-3-6-9(4-2)13(16)12-10(14)7-5-8-11(12)15/h9H,3-8H2,1-2H3. The van der Waals surface area contributed by atoms with Crippen LogP contribution in [0.5, 0.6) is 0 Å². The molecule has 1 unspecified atom stereocenters. The molecule has 0 aromatic rings. The number of carbonyl (C=O) groups excluding carboxylic acids is 2. The van der Waals surface area contributed by atoms with E-state index in [2.05, 4.69) is 6.92 Å². The molecule has 0 saturated carbocycles. The third kappa shape index (κ3) is 2.94. The zero-order valence-electron chi connectivity index (χ0n) is 10.0. The number of carbonyl (C=O) groups is 2. The SMILES string of the molecule is CCCC(CC)C(=O)C1=C(Cl)CCCC1=O. The lowest BCUT2D eigenvalue weighted by Gasteiger charge is -2.18. The lowest BCUT2D eigenvalue weighted by molar-refractivity contribution is -0.124. The fourth-order valence-electron chi connectivity index (χ4n) is 2.15. The summed E-state index contributed by atoms with van der Waals surface area (Å²) in [4.78, 5) is 23.9. The first-order chi connectivity index (χ1) is 7.61. The molecule has 3 heteroatoms. The Kier molecular flexibility index (Phi) is 5.20. The van der Waals surface area contributed by atoms with Gasteiger partial charge in [0.15, 0.2) is 11.6 Å². The van der Waals surface area contributed by atoms with Gasteiger partial charge in [0, 0.05) is 17.4 Å². The smallest absolute Gasteiger partial charge is 0.170 e. The van der Waals surface area contributed by atoms with E-state index >= 15 is 0 Å². The number of allylic oxidation sites excluding steroid dienone is 2. The van der Waals surface area contributed by atoms with Crippen LogP contribution in [-0.2, 0) is 9.59 Å². The first-order valence-electron chi connectivity index (χ1n) is 6.07. The zero-order valence-corrected chi connectivity index (χ0v) is 10.8. The van der Waals surface area contributed by atoms with Gasteiger partial charge in [0.05, 0.1) is 5.57 Å². The second-order valence-corrected chi connectivity index (χ2v) is 4.77. The molecular weight excluding hydrogens is 224 g/mol. The molecule has 0 fully saturated rings. The number of hydrogen-bond donors (Lipinski definition) is 0. The van der Waals surface area contributed by atoms with E-state index in [0.29, 0.717) is 23.4 Å². The molecule has 1 atom stereocenters. The molecule has 1 aliphatic rings. The molecule has 0 amide bonds. The first kappa shape index (κ1) is 13.4. The molecule has 90 valence electrons.